The molecule has 1 aliphatic rings. The van der Waals surface area contributed by atoms with Crippen molar-refractivity contribution in [3.63, 3.8) is 0 Å². The molecule has 172 valence electrons. The Morgan fingerprint density at radius 3 is 2.59 bits per heavy atom. The zero-order chi connectivity index (χ0) is 22.8. The van der Waals surface area contributed by atoms with Crippen LogP contribution in [-0.4, -0.2) is 49.0 Å². The molecular formula is C25H33FN4O2. The van der Waals surface area contributed by atoms with Gasteiger partial charge in [-0.2, -0.15) is 0 Å². The lowest BCUT2D eigenvalue weighted by Crippen LogP contribution is -2.41. The van der Waals surface area contributed by atoms with Gasteiger partial charge in [0, 0.05) is 25.2 Å². The van der Waals surface area contributed by atoms with Crippen molar-refractivity contribution >= 4 is 11.9 Å². The molecule has 32 heavy (non-hydrogen) atoms. The first kappa shape index (κ1) is 23.6. The number of nitrogens with one attached hydrogen (secondary N) is 2. The summed E-state index contributed by atoms with van der Waals surface area (Å²) in [6.07, 6.45) is 3.23. The third kappa shape index (κ3) is 7.25. The number of guanidine groups is 1. The number of carbonyl (C=O) groups excluding carboxylic acids is 1. The fourth-order valence-electron chi connectivity index (χ4n) is 3.62. The second kappa shape index (κ2) is 12.1. The number of ether oxygens (including phenoxy) is 1. The zero-order valence-electron chi connectivity index (χ0n) is 18.9. The van der Waals surface area contributed by atoms with Crippen molar-refractivity contribution in [3.05, 3.63) is 65.5 Å². The molecule has 1 heterocycles. The summed E-state index contributed by atoms with van der Waals surface area (Å²) in [7, 11) is 0. The summed E-state index contributed by atoms with van der Waals surface area (Å²) in [5.41, 5.74) is 1.71. The number of benzene rings is 2. The Morgan fingerprint density at radius 2 is 1.88 bits per heavy atom. The average molecular weight is 441 g/mol. The summed E-state index contributed by atoms with van der Waals surface area (Å²) in [6.45, 7) is 7.36. The highest BCUT2D eigenvalue weighted by Crippen LogP contribution is 2.15. The summed E-state index contributed by atoms with van der Waals surface area (Å²) in [4.78, 5) is 19.4. The number of rotatable bonds is 8. The van der Waals surface area contributed by atoms with E-state index in [0.29, 0.717) is 24.8 Å². The number of nitrogens with zero attached hydrogens (tertiary/aromatic N) is 2. The van der Waals surface area contributed by atoms with Crippen LogP contribution in [0.2, 0.25) is 0 Å². The van der Waals surface area contributed by atoms with E-state index in [1.54, 1.807) is 12.1 Å². The van der Waals surface area contributed by atoms with Crippen molar-refractivity contribution in [2.75, 3.05) is 26.2 Å². The van der Waals surface area contributed by atoms with E-state index in [-0.39, 0.29) is 17.8 Å². The molecular weight excluding hydrogens is 407 g/mol. The van der Waals surface area contributed by atoms with E-state index >= 15 is 0 Å². The number of piperidine rings is 1. The van der Waals surface area contributed by atoms with Crippen LogP contribution in [0.3, 0.4) is 0 Å². The number of halogens is 1. The van der Waals surface area contributed by atoms with Crippen LogP contribution in [0.5, 0.6) is 5.75 Å². The van der Waals surface area contributed by atoms with E-state index in [0.717, 1.165) is 43.6 Å². The molecule has 1 aliphatic heterocycles. The van der Waals surface area contributed by atoms with E-state index in [2.05, 4.69) is 15.6 Å². The standard InChI is InChI=1S/C25H33FN4O2/c1-3-27-25(28-17-19(2)32-23-12-10-22(26)11-13-23)29-18-20-8-7-9-21(16-20)24(31)30-14-5-4-6-15-30/h7-13,16,19H,3-6,14-15,17-18H2,1-2H3,(H2,27,28,29). The predicted molar refractivity (Wildman–Crippen MR) is 126 cm³/mol. The molecule has 2 N–H and O–H groups in total. The molecule has 7 heteroatoms. The molecule has 0 saturated carbocycles. The van der Waals surface area contributed by atoms with Crippen LogP contribution in [0.25, 0.3) is 0 Å². The molecule has 1 saturated heterocycles. The predicted octanol–water partition coefficient (Wildman–Crippen LogP) is 3.97. The molecule has 0 spiro atoms. The Morgan fingerprint density at radius 1 is 1.12 bits per heavy atom. The van der Waals surface area contributed by atoms with Crippen LogP contribution in [0.15, 0.2) is 53.5 Å². The molecule has 0 radical (unpaired) electrons. The molecule has 1 atom stereocenters. The highest BCUT2D eigenvalue weighted by atomic mass is 19.1. The summed E-state index contributed by atoms with van der Waals surface area (Å²) in [6, 6.07) is 13.7. The number of hydrogen-bond donors (Lipinski definition) is 2. The van der Waals surface area contributed by atoms with Gasteiger partial charge < -0.3 is 20.3 Å². The summed E-state index contributed by atoms with van der Waals surface area (Å²) < 4.78 is 18.8. The fourth-order valence-corrected chi connectivity index (χ4v) is 3.62. The quantitative estimate of drug-likeness (QED) is 0.482. The number of hydrogen-bond acceptors (Lipinski definition) is 3. The van der Waals surface area contributed by atoms with Crippen LogP contribution in [-0.2, 0) is 6.54 Å². The van der Waals surface area contributed by atoms with Gasteiger partial charge in [-0.1, -0.05) is 12.1 Å². The van der Waals surface area contributed by atoms with Gasteiger partial charge in [-0.05, 0) is 75.1 Å². The minimum absolute atomic E-state index is 0.104. The normalized spacial score (nSPS) is 15.2. The first-order valence-electron chi connectivity index (χ1n) is 11.4. The molecule has 0 aromatic heterocycles. The van der Waals surface area contributed by atoms with E-state index < -0.39 is 0 Å². The summed E-state index contributed by atoms with van der Waals surface area (Å²) in [5.74, 6) is 1.12. The maximum absolute atomic E-state index is 13.0. The van der Waals surface area contributed by atoms with Crippen LogP contribution >= 0.6 is 0 Å². The molecule has 2 aromatic rings. The highest BCUT2D eigenvalue weighted by molar-refractivity contribution is 5.94. The van der Waals surface area contributed by atoms with Gasteiger partial charge in [0.05, 0.1) is 13.1 Å². The second-order valence-electron chi connectivity index (χ2n) is 8.01. The number of likely N-dealkylation sites (tertiary alicyclic amines) is 1. The van der Waals surface area contributed by atoms with Crippen molar-refractivity contribution in [1.29, 1.82) is 0 Å². The third-order valence-corrected chi connectivity index (χ3v) is 5.29. The highest BCUT2D eigenvalue weighted by Gasteiger charge is 2.18. The topological polar surface area (TPSA) is 66.0 Å². The maximum Gasteiger partial charge on any atom is 0.253 e. The Kier molecular flexibility index (Phi) is 8.90. The lowest BCUT2D eigenvalue weighted by molar-refractivity contribution is 0.0724. The van der Waals surface area contributed by atoms with Gasteiger partial charge in [-0.15, -0.1) is 0 Å². The van der Waals surface area contributed by atoms with Gasteiger partial charge in [0.1, 0.15) is 17.7 Å². The number of amides is 1. The smallest absolute Gasteiger partial charge is 0.253 e. The SMILES string of the molecule is CCNC(=NCc1cccc(C(=O)N2CCCCC2)c1)NCC(C)Oc1ccc(F)cc1. The summed E-state index contributed by atoms with van der Waals surface area (Å²) >= 11 is 0. The number of carbonyl (C=O) groups is 1. The average Bonchev–Trinajstić information content (AvgIpc) is 2.82. The van der Waals surface area contributed by atoms with Crippen molar-refractivity contribution in [2.24, 2.45) is 4.99 Å². The van der Waals surface area contributed by atoms with Crippen molar-refractivity contribution in [3.8, 4) is 5.75 Å². The lowest BCUT2D eigenvalue weighted by atomic mass is 10.1. The van der Waals surface area contributed by atoms with Gasteiger partial charge >= 0.3 is 0 Å². The molecule has 0 aliphatic carbocycles. The van der Waals surface area contributed by atoms with Gasteiger partial charge in [0.25, 0.3) is 5.91 Å². The minimum atomic E-state index is -0.286. The molecule has 1 amide bonds. The largest absolute Gasteiger partial charge is 0.489 e. The lowest BCUT2D eigenvalue weighted by Gasteiger charge is -2.26. The van der Waals surface area contributed by atoms with Crippen LogP contribution < -0.4 is 15.4 Å². The Balaban J connectivity index is 1.55. The Bertz CT molecular complexity index is 895. The minimum Gasteiger partial charge on any atom is -0.489 e. The van der Waals surface area contributed by atoms with Crippen molar-refractivity contribution < 1.29 is 13.9 Å². The molecule has 3 rings (SSSR count). The van der Waals surface area contributed by atoms with E-state index in [1.165, 1.54) is 18.6 Å². The molecule has 1 unspecified atom stereocenters. The third-order valence-electron chi connectivity index (χ3n) is 5.29. The number of aliphatic imine (C=N–C) groups is 1. The van der Waals surface area contributed by atoms with Crippen molar-refractivity contribution in [2.45, 2.75) is 45.8 Å². The van der Waals surface area contributed by atoms with Crippen LogP contribution in [0.4, 0.5) is 4.39 Å². The van der Waals surface area contributed by atoms with Crippen LogP contribution in [0.1, 0.15) is 49.0 Å². The van der Waals surface area contributed by atoms with Gasteiger partial charge in [0.2, 0.25) is 0 Å². The fraction of sp³-hybridized carbons (Fsp3) is 0.440. The van der Waals surface area contributed by atoms with Gasteiger partial charge in [0.15, 0.2) is 5.96 Å². The molecule has 0 bridgehead atoms. The van der Waals surface area contributed by atoms with E-state index in [9.17, 15) is 9.18 Å². The van der Waals surface area contributed by atoms with Crippen LogP contribution in [0, 0.1) is 5.82 Å². The van der Waals surface area contributed by atoms with E-state index in [1.807, 2.05) is 43.0 Å². The van der Waals surface area contributed by atoms with Gasteiger partial charge in [-0.25, -0.2) is 9.38 Å². The maximum atomic E-state index is 13.0. The second-order valence-corrected chi connectivity index (χ2v) is 8.01. The first-order valence-corrected chi connectivity index (χ1v) is 11.4. The monoisotopic (exact) mass is 440 g/mol. The zero-order valence-corrected chi connectivity index (χ0v) is 18.9. The summed E-state index contributed by atoms with van der Waals surface area (Å²) in [5, 5.41) is 6.50. The Hall–Kier alpha value is -3.09. The first-order chi connectivity index (χ1) is 15.5. The van der Waals surface area contributed by atoms with Gasteiger partial charge in [-0.3, -0.25) is 4.79 Å². The molecule has 2 aromatic carbocycles. The molecule has 6 nitrogen and oxygen atoms in total. The Labute approximate surface area is 189 Å². The van der Waals surface area contributed by atoms with E-state index in [4.69, 9.17) is 4.74 Å². The molecule has 1 fully saturated rings. The van der Waals surface area contributed by atoms with Crippen molar-refractivity contribution in [1.82, 2.24) is 15.5 Å².